The first-order chi connectivity index (χ1) is 11.2. The van der Waals surface area contributed by atoms with Crippen LogP contribution in [0.5, 0.6) is 0 Å². The third-order valence-electron chi connectivity index (χ3n) is 3.30. The first-order valence-electron chi connectivity index (χ1n) is 6.89. The van der Waals surface area contributed by atoms with E-state index >= 15 is 0 Å². The molecule has 4 heteroatoms. The zero-order chi connectivity index (χ0) is 16.2. The Morgan fingerprint density at radius 2 is 1.74 bits per heavy atom. The molecule has 3 aromatic rings. The zero-order valence-electron chi connectivity index (χ0n) is 12.0. The largest absolute Gasteiger partial charge is 0.457 e. The van der Waals surface area contributed by atoms with Crippen molar-refractivity contribution in [1.29, 1.82) is 5.26 Å². The van der Waals surface area contributed by atoms with Crippen LogP contribution in [0.1, 0.15) is 11.3 Å². The number of hydrogen-bond donors (Lipinski definition) is 0. The van der Waals surface area contributed by atoms with E-state index in [0.29, 0.717) is 27.1 Å². The summed E-state index contributed by atoms with van der Waals surface area (Å²) in [6.45, 7) is 0. The van der Waals surface area contributed by atoms with Gasteiger partial charge in [0.1, 0.15) is 11.5 Å². The number of rotatable bonds is 3. The van der Waals surface area contributed by atoms with Crippen LogP contribution in [-0.2, 0) is 0 Å². The molecule has 0 saturated heterocycles. The van der Waals surface area contributed by atoms with E-state index in [4.69, 9.17) is 27.6 Å². The van der Waals surface area contributed by atoms with Gasteiger partial charge in [-0.25, -0.2) is 0 Å². The molecule has 0 radical (unpaired) electrons. The van der Waals surface area contributed by atoms with Crippen LogP contribution in [-0.4, -0.2) is 0 Å². The predicted octanol–water partition coefficient (Wildman–Crippen LogP) is 6.32. The molecule has 0 fully saturated rings. The fraction of sp³-hybridized carbons (Fsp3) is 0. The fourth-order valence-corrected chi connectivity index (χ4v) is 2.50. The summed E-state index contributed by atoms with van der Waals surface area (Å²) < 4.78 is 5.79. The molecular weight excluding hydrogens is 329 g/mol. The molecule has 0 bridgehead atoms. The molecule has 0 atom stereocenters. The number of nitriles is 1. The van der Waals surface area contributed by atoms with Crippen LogP contribution in [0, 0.1) is 11.3 Å². The number of allylic oxidation sites excluding steroid dienone is 1. The highest BCUT2D eigenvalue weighted by atomic mass is 35.5. The molecule has 0 aliphatic carbocycles. The molecule has 0 amide bonds. The summed E-state index contributed by atoms with van der Waals surface area (Å²) in [6, 6.07) is 20.4. The van der Waals surface area contributed by atoms with Gasteiger partial charge in [-0.1, -0.05) is 47.5 Å². The molecule has 0 saturated carbocycles. The Morgan fingerprint density at radius 3 is 2.43 bits per heavy atom. The van der Waals surface area contributed by atoms with E-state index in [-0.39, 0.29) is 0 Å². The summed E-state index contributed by atoms with van der Waals surface area (Å²) in [5.74, 6) is 1.30. The van der Waals surface area contributed by atoms with Gasteiger partial charge < -0.3 is 4.42 Å². The normalized spacial score (nSPS) is 11.3. The van der Waals surface area contributed by atoms with Gasteiger partial charge in [-0.05, 0) is 48.0 Å². The van der Waals surface area contributed by atoms with Gasteiger partial charge in [0.25, 0.3) is 0 Å². The highest BCUT2D eigenvalue weighted by Gasteiger charge is 2.06. The lowest BCUT2D eigenvalue weighted by molar-refractivity contribution is 0.572. The lowest BCUT2D eigenvalue weighted by atomic mass is 10.1. The molecular formula is C19H11Cl2NO. The topological polar surface area (TPSA) is 36.9 Å². The number of benzene rings is 2. The van der Waals surface area contributed by atoms with Crippen molar-refractivity contribution in [2.45, 2.75) is 0 Å². The highest BCUT2D eigenvalue weighted by Crippen LogP contribution is 2.27. The van der Waals surface area contributed by atoms with Gasteiger partial charge in [-0.3, -0.25) is 0 Å². The number of halogens is 2. The molecule has 1 heterocycles. The number of nitrogens with zero attached hydrogens (tertiary/aromatic N) is 1. The average Bonchev–Trinajstić information content (AvgIpc) is 3.02. The van der Waals surface area contributed by atoms with Crippen molar-refractivity contribution in [1.82, 2.24) is 0 Å². The Kier molecular flexibility index (Phi) is 4.52. The van der Waals surface area contributed by atoms with Crippen molar-refractivity contribution >= 4 is 34.9 Å². The Hall–Kier alpha value is -2.47. The summed E-state index contributed by atoms with van der Waals surface area (Å²) in [6.07, 6.45) is 1.71. The quantitative estimate of drug-likeness (QED) is 0.523. The van der Waals surface area contributed by atoms with Gasteiger partial charge in [-0.15, -0.1) is 0 Å². The lowest BCUT2D eigenvalue weighted by Gasteiger charge is -1.99. The van der Waals surface area contributed by atoms with Gasteiger partial charge in [0.2, 0.25) is 0 Å². The van der Waals surface area contributed by atoms with Crippen LogP contribution in [0.25, 0.3) is 23.0 Å². The summed E-state index contributed by atoms with van der Waals surface area (Å²) in [5.41, 5.74) is 2.19. The van der Waals surface area contributed by atoms with Gasteiger partial charge in [0, 0.05) is 15.6 Å². The van der Waals surface area contributed by atoms with Crippen LogP contribution in [0.15, 0.2) is 65.1 Å². The maximum atomic E-state index is 9.36. The second kappa shape index (κ2) is 6.75. The fourth-order valence-electron chi connectivity index (χ4n) is 2.18. The average molecular weight is 340 g/mol. The van der Waals surface area contributed by atoms with Gasteiger partial charge in [0.15, 0.2) is 0 Å². The predicted molar refractivity (Wildman–Crippen MR) is 94.1 cm³/mol. The van der Waals surface area contributed by atoms with E-state index in [1.165, 1.54) is 0 Å². The second-order valence-electron chi connectivity index (χ2n) is 4.89. The maximum absolute atomic E-state index is 9.36. The minimum atomic E-state index is 0.508. The molecule has 0 spiro atoms. The first kappa shape index (κ1) is 15.4. The standard InChI is InChI=1S/C19H11Cl2NO/c20-16-6-4-13(5-7-16)15(12-22)11-18-8-9-19(23-18)14-2-1-3-17(21)10-14/h1-11H/b15-11+. The van der Waals surface area contributed by atoms with Gasteiger partial charge in [-0.2, -0.15) is 5.26 Å². The highest BCUT2D eigenvalue weighted by molar-refractivity contribution is 6.31. The molecule has 0 N–H and O–H groups in total. The lowest BCUT2D eigenvalue weighted by Crippen LogP contribution is -1.80. The van der Waals surface area contributed by atoms with Crippen LogP contribution in [0.4, 0.5) is 0 Å². The van der Waals surface area contributed by atoms with Crippen LogP contribution in [0.3, 0.4) is 0 Å². The summed E-state index contributed by atoms with van der Waals surface area (Å²) >= 11 is 11.9. The van der Waals surface area contributed by atoms with Gasteiger partial charge >= 0.3 is 0 Å². The third kappa shape index (κ3) is 3.65. The van der Waals surface area contributed by atoms with Crippen molar-refractivity contribution in [2.75, 3.05) is 0 Å². The molecule has 1 aromatic heterocycles. The zero-order valence-corrected chi connectivity index (χ0v) is 13.5. The van der Waals surface area contributed by atoms with E-state index in [2.05, 4.69) is 6.07 Å². The van der Waals surface area contributed by atoms with Crippen LogP contribution < -0.4 is 0 Å². The van der Waals surface area contributed by atoms with Gasteiger partial charge in [0.05, 0.1) is 11.6 Å². The first-order valence-corrected chi connectivity index (χ1v) is 7.65. The van der Waals surface area contributed by atoms with Crippen LogP contribution in [0.2, 0.25) is 10.0 Å². The second-order valence-corrected chi connectivity index (χ2v) is 5.76. The SMILES string of the molecule is N#C/C(=C\c1ccc(-c2cccc(Cl)c2)o1)c1ccc(Cl)cc1. The Labute approximate surface area is 144 Å². The smallest absolute Gasteiger partial charge is 0.134 e. The monoisotopic (exact) mass is 339 g/mol. The number of furan rings is 1. The van der Waals surface area contributed by atoms with E-state index in [1.54, 1.807) is 30.3 Å². The summed E-state index contributed by atoms with van der Waals surface area (Å²) in [5, 5.41) is 10.6. The molecule has 0 unspecified atom stereocenters. The minimum Gasteiger partial charge on any atom is -0.457 e. The summed E-state index contributed by atoms with van der Waals surface area (Å²) in [4.78, 5) is 0. The van der Waals surface area contributed by atoms with Crippen molar-refractivity contribution < 1.29 is 4.42 Å². The molecule has 2 aromatic carbocycles. The molecule has 2 nitrogen and oxygen atoms in total. The Bertz CT molecular complexity index is 902. The number of hydrogen-bond acceptors (Lipinski definition) is 2. The van der Waals surface area contributed by atoms with Crippen molar-refractivity contribution in [3.8, 4) is 17.4 Å². The van der Waals surface area contributed by atoms with E-state index in [9.17, 15) is 5.26 Å². The van der Waals surface area contributed by atoms with E-state index in [1.807, 2.05) is 36.4 Å². The van der Waals surface area contributed by atoms with Crippen molar-refractivity contribution in [3.05, 3.63) is 82.0 Å². The molecule has 0 aliphatic rings. The van der Waals surface area contributed by atoms with E-state index in [0.717, 1.165) is 11.1 Å². The molecule has 0 aliphatic heterocycles. The third-order valence-corrected chi connectivity index (χ3v) is 3.79. The summed E-state index contributed by atoms with van der Waals surface area (Å²) in [7, 11) is 0. The molecule has 112 valence electrons. The molecule has 3 rings (SSSR count). The Morgan fingerprint density at radius 1 is 0.957 bits per heavy atom. The van der Waals surface area contributed by atoms with E-state index < -0.39 is 0 Å². The maximum Gasteiger partial charge on any atom is 0.134 e. The minimum absolute atomic E-state index is 0.508. The van der Waals surface area contributed by atoms with Crippen molar-refractivity contribution in [3.63, 3.8) is 0 Å². The molecule has 23 heavy (non-hydrogen) atoms. The Balaban J connectivity index is 1.93. The van der Waals surface area contributed by atoms with Crippen LogP contribution >= 0.6 is 23.2 Å². The van der Waals surface area contributed by atoms with Crippen molar-refractivity contribution in [2.24, 2.45) is 0 Å².